The fourth-order valence-corrected chi connectivity index (χ4v) is 2.28. The van der Waals surface area contributed by atoms with Crippen molar-refractivity contribution in [2.45, 2.75) is 53.0 Å². The molecule has 1 aromatic rings. The third kappa shape index (κ3) is 3.82. The van der Waals surface area contributed by atoms with Crippen LogP contribution < -0.4 is 5.73 Å². The predicted octanol–water partition coefficient (Wildman–Crippen LogP) is 1.94. The second-order valence-electron chi connectivity index (χ2n) is 4.45. The monoisotopic (exact) mass is 253 g/mol. The molecular weight excluding hydrogens is 226 g/mol. The lowest BCUT2D eigenvalue weighted by Gasteiger charge is -2.08. The van der Waals surface area contributed by atoms with Crippen LogP contribution in [0.15, 0.2) is 0 Å². The zero-order valence-electron chi connectivity index (χ0n) is 12.0. The third-order valence-electron chi connectivity index (χ3n) is 3.11. The van der Waals surface area contributed by atoms with E-state index in [4.69, 9.17) is 15.6 Å². The van der Waals surface area contributed by atoms with Gasteiger partial charge in [-0.2, -0.15) is 5.10 Å². The summed E-state index contributed by atoms with van der Waals surface area (Å²) < 4.78 is 7.65. The number of ether oxygens (including phenoxy) is 1. The van der Waals surface area contributed by atoms with E-state index in [2.05, 4.69) is 25.5 Å². The zero-order chi connectivity index (χ0) is 13.4. The van der Waals surface area contributed by atoms with Gasteiger partial charge >= 0.3 is 0 Å². The number of hydrogen-bond acceptors (Lipinski definition) is 3. The van der Waals surface area contributed by atoms with Crippen LogP contribution >= 0.6 is 0 Å². The number of aromatic nitrogens is 2. The molecule has 0 atom stereocenters. The van der Waals surface area contributed by atoms with Crippen LogP contribution in [0, 0.1) is 0 Å². The van der Waals surface area contributed by atoms with E-state index in [-0.39, 0.29) is 0 Å². The van der Waals surface area contributed by atoms with Gasteiger partial charge in [-0.05, 0) is 37.8 Å². The summed E-state index contributed by atoms with van der Waals surface area (Å²) in [6, 6.07) is 0. The summed E-state index contributed by atoms with van der Waals surface area (Å²) >= 11 is 0. The molecule has 104 valence electrons. The lowest BCUT2D eigenvalue weighted by Crippen LogP contribution is -2.12. The normalized spacial score (nSPS) is 11.1. The molecule has 0 aromatic carbocycles. The van der Waals surface area contributed by atoms with Crippen molar-refractivity contribution in [1.82, 2.24) is 9.78 Å². The summed E-state index contributed by atoms with van der Waals surface area (Å²) in [7, 11) is 0. The average molecular weight is 253 g/mol. The predicted molar refractivity (Wildman–Crippen MR) is 74.9 cm³/mol. The SMILES string of the molecule is CCCOCCn1nc(CC)c(CCN)c1CC. The molecule has 1 rings (SSSR count). The molecule has 0 spiro atoms. The number of nitrogens with zero attached hydrogens (tertiary/aromatic N) is 2. The maximum absolute atomic E-state index is 5.69. The molecule has 0 saturated carbocycles. The summed E-state index contributed by atoms with van der Waals surface area (Å²) in [5.41, 5.74) is 9.59. The third-order valence-corrected chi connectivity index (χ3v) is 3.11. The molecule has 0 aliphatic rings. The minimum Gasteiger partial charge on any atom is -0.380 e. The van der Waals surface area contributed by atoms with Crippen LogP contribution in [-0.4, -0.2) is 29.5 Å². The van der Waals surface area contributed by atoms with E-state index < -0.39 is 0 Å². The Bertz CT molecular complexity index is 347. The highest BCUT2D eigenvalue weighted by Crippen LogP contribution is 2.16. The van der Waals surface area contributed by atoms with Crippen molar-refractivity contribution in [2.75, 3.05) is 19.8 Å². The van der Waals surface area contributed by atoms with E-state index in [9.17, 15) is 0 Å². The van der Waals surface area contributed by atoms with Crippen LogP contribution in [0.5, 0.6) is 0 Å². The lowest BCUT2D eigenvalue weighted by atomic mass is 10.1. The van der Waals surface area contributed by atoms with Crippen molar-refractivity contribution in [1.29, 1.82) is 0 Å². The second kappa shape index (κ2) is 8.27. The fraction of sp³-hybridized carbons (Fsp3) is 0.786. The second-order valence-corrected chi connectivity index (χ2v) is 4.45. The summed E-state index contributed by atoms with van der Waals surface area (Å²) in [4.78, 5) is 0. The molecule has 0 fully saturated rings. The summed E-state index contributed by atoms with van der Waals surface area (Å²) in [5, 5.41) is 4.70. The molecule has 1 aromatic heterocycles. The molecule has 0 aliphatic heterocycles. The van der Waals surface area contributed by atoms with E-state index in [1.54, 1.807) is 0 Å². The topological polar surface area (TPSA) is 53.1 Å². The Labute approximate surface area is 111 Å². The Kier molecular flexibility index (Phi) is 6.98. The van der Waals surface area contributed by atoms with Crippen LogP contribution in [0.25, 0.3) is 0 Å². The van der Waals surface area contributed by atoms with Crippen LogP contribution in [0.1, 0.15) is 44.1 Å². The van der Waals surface area contributed by atoms with Gasteiger partial charge in [0.25, 0.3) is 0 Å². The average Bonchev–Trinajstić information content (AvgIpc) is 2.72. The molecular formula is C14H27N3O. The van der Waals surface area contributed by atoms with E-state index in [0.717, 1.165) is 45.4 Å². The minimum absolute atomic E-state index is 0.692. The molecule has 0 bridgehead atoms. The molecule has 0 saturated heterocycles. The molecule has 4 nitrogen and oxygen atoms in total. The van der Waals surface area contributed by atoms with Crippen molar-refractivity contribution in [3.8, 4) is 0 Å². The van der Waals surface area contributed by atoms with Gasteiger partial charge in [0.2, 0.25) is 0 Å². The molecule has 0 unspecified atom stereocenters. The van der Waals surface area contributed by atoms with Crippen LogP contribution in [0.3, 0.4) is 0 Å². The highest BCUT2D eigenvalue weighted by Gasteiger charge is 2.14. The molecule has 4 heteroatoms. The number of rotatable bonds is 9. The number of hydrogen-bond donors (Lipinski definition) is 1. The molecule has 18 heavy (non-hydrogen) atoms. The van der Waals surface area contributed by atoms with Crippen LogP contribution in [-0.2, 0) is 30.5 Å². The van der Waals surface area contributed by atoms with Gasteiger partial charge in [-0.15, -0.1) is 0 Å². The first-order valence-corrected chi connectivity index (χ1v) is 7.13. The maximum atomic E-state index is 5.69. The maximum Gasteiger partial charge on any atom is 0.0662 e. The van der Waals surface area contributed by atoms with Gasteiger partial charge in [-0.1, -0.05) is 20.8 Å². The highest BCUT2D eigenvalue weighted by molar-refractivity contribution is 5.27. The summed E-state index contributed by atoms with van der Waals surface area (Å²) in [5.74, 6) is 0. The summed E-state index contributed by atoms with van der Waals surface area (Å²) in [6.07, 6.45) is 3.99. The molecule has 2 N–H and O–H groups in total. The summed E-state index contributed by atoms with van der Waals surface area (Å²) in [6.45, 7) is 9.57. The fourth-order valence-electron chi connectivity index (χ4n) is 2.28. The lowest BCUT2D eigenvalue weighted by molar-refractivity contribution is 0.123. The Hall–Kier alpha value is -0.870. The number of aryl methyl sites for hydroxylation is 1. The standard InChI is InChI=1S/C14H27N3O/c1-4-10-18-11-9-17-14(6-3)12(7-8-15)13(5-2)16-17/h4-11,15H2,1-3H3. The van der Waals surface area contributed by atoms with Gasteiger partial charge in [0.05, 0.1) is 18.8 Å². The van der Waals surface area contributed by atoms with Crippen LogP contribution in [0.4, 0.5) is 0 Å². The van der Waals surface area contributed by atoms with Crippen molar-refractivity contribution < 1.29 is 4.74 Å². The van der Waals surface area contributed by atoms with Crippen molar-refractivity contribution >= 4 is 0 Å². The number of nitrogens with two attached hydrogens (primary N) is 1. The van der Waals surface area contributed by atoms with Gasteiger partial charge in [-0.25, -0.2) is 0 Å². The first kappa shape index (κ1) is 15.2. The first-order valence-electron chi connectivity index (χ1n) is 7.13. The van der Waals surface area contributed by atoms with Crippen LogP contribution in [0.2, 0.25) is 0 Å². The Morgan fingerprint density at radius 1 is 1.17 bits per heavy atom. The van der Waals surface area contributed by atoms with Crippen molar-refractivity contribution in [3.63, 3.8) is 0 Å². The van der Waals surface area contributed by atoms with Crippen molar-refractivity contribution in [2.24, 2.45) is 5.73 Å². The van der Waals surface area contributed by atoms with E-state index in [1.165, 1.54) is 17.0 Å². The van der Waals surface area contributed by atoms with Gasteiger partial charge in [0.15, 0.2) is 0 Å². The Balaban J connectivity index is 2.76. The quantitative estimate of drug-likeness (QED) is 0.684. The first-order chi connectivity index (χ1) is 8.78. The van der Waals surface area contributed by atoms with Gasteiger partial charge in [0.1, 0.15) is 0 Å². The highest BCUT2D eigenvalue weighted by atomic mass is 16.5. The minimum atomic E-state index is 0.692. The largest absolute Gasteiger partial charge is 0.380 e. The van der Waals surface area contributed by atoms with Crippen molar-refractivity contribution in [3.05, 3.63) is 17.0 Å². The van der Waals surface area contributed by atoms with E-state index >= 15 is 0 Å². The molecule has 1 heterocycles. The Morgan fingerprint density at radius 2 is 1.94 bits per heavy atom. The molecule has 0 amide bonds. The molecule has 0 aliphatic carbocycles. The zero-order valence-corrected chi connectivity index (χ0v) is 12.0. The smallest absolute Gasteiger partial charge is 0.0662 e. The van der Waals surface area contributed by atoms with Gasteiger partial charge in [-0.3, -0.25) is 4.68 Å². The molecule has 0 radical (unpaired) electrons. The van der Waals surface area contributed by atoms with E-state index in [1.807, 2.05) is 0 Å². The van der Waals surface area contributed by atoms with E-state index in [0.29, 0.717) is 6.54 Å². The van der Waals surface area contributed by atoms with Gasteiger partial charge in [0, 0.05) is 12.3 Å². The van der Waals surface area contributed by atoms with Gasteiger partial charge < -0.3 is 10.5 Å². The Morgan fingerprint density at radius 3 is 2.50 bits per heavy atom.